The lowest BCUT2D eigenvalue weighted by Crippen LogP contribution is -2.32. The van der Waals surface area contributed by atoms with Crippen molar-refractivity contribution in [3.8, 4) is 5.75 Å². The Hall–Kier alpha value is -2.04. The van der Waals surface area contributed by atoms with E-state index in [1.807, 2.05) is 13.8 Å². The predicted molar refractivity (Wildman–Crippen MR) is 87.9 cm³/mol. The maximum Gasteiger partial charge on any atom is 0.341 e. The number of carboxylic acids is 1. The molecule has 2 N–H and O–H groups in total. The molecule has 1 aromatic rings. The molecule has 5 heteroatoms. The number of carboxylic acid groups (broad SMARTS) is 1. The molecule has 23 heavy (non-hydrogen) atoms. The highest BCUT2D eigenvalue weighted by molar-refractivity contribution is 5.95. The number of ether oxygens (including phenoxy) is 1. The fraction of sp³-hybridized carbons (Fsp3) is 0.556. The molecule has 0 unspecified atom stereocenters. The molecule has 0 saturated heterocycles. The van der Waals surface area contributed by atoms with Crippen LogP contribution < -0.4 is 10.1 Å². The van der Waals surface area contributed by atoms with Crippen LogP contribution in [0.1, 0.15) is 48.2 Å². The fourth-order valence-electron chi connectivity index (χ4n) is 2.92. The molecule has 0 aliphatic heterocycles. The summed E-state index contributed by atoms with van der Waals surface area (Å²) in [5, 5.41) is 11.7. The third kappa shape index (κ3) is 4.03. The minimum atomic E-state index is -1.02. The first kappa shape index (κ1) is 17.3. The third-order valence-corrected chi connectivity index (χ3v) is 4.78. The van der Waals surface area contributed by atoms with E-state index < -0.39 is 5.97 Å². The molecule has 0 aromatic heterocycles. The number of rotatable bonds is 7. The smallest absolute Gasteiger partial charge is 0.341 e. The molecule has 1 aliphatic carbocycles. The van der Waals surface area contributed by atoms with Gasteiger partial charge in [-0.3, -0.25) is 4.79 Å². The highest BCUT2D eigenvalue weighted by Gasteiger charge is 2.45. The Kier molecular flexibility index (Phi) is 4.97. The summed E-state index contributed by atoms with van der Waals surface area (Å²) in [7, 11) is 0. The van der Waals surface area contributed by atoms with Crippen LogP contribution in [0.5, 0.6) is 5.75 Å². The van der Waals surface area contributed by atoms with Gasteiger partial charge in [0.15, 0.2) is 6.61 Å². The quantitative estimate of drug-likeness (QED) is 0.810. The highest BCUT2D eigenvalue weighted by Crippen LogP contribution is 2.51. The van der Waals surface area contributed by atoms with Crippen LogP contribution in [0, 0.1) is 25.2 Å². The average Bonchev–Trinajstić information content (AvgIpc) is 3.24. The minimum Gasteiger partial charge on any atom is -0.481 e. The standard InChI is InChI=1S/C18H25NO4/c1-11(2)18(5-6-18)10-19-17(22)14-7-12(3)16(13(4)8-14)23-9-15(20)21/h7-8,11H,5-6,9-10H2,1-4H3,(H,19,22)(H,20,21). The van der Waals surface area contributed by atoms with Crippen molar-refractivity contribution in [2.24, 2.45) is 11.3 Å². The Morgan fingerprint density at radius 1 is 1.26 bits per heavy atom. The SMILES string of the molecule is Cc1cc(C(=O)NCC2(C(C)C)CC2)cc(C)c1OCC(=O)O. The molecule has 2 rings (SSSR count). The van der Waals surface area contributed by atoms with Gasteiger partial charge in [-0.15, -0.1) is 0 Å². The van der Waals surface area contributed by atoms with E-state index in [-0.39, 0.29) is 17.9 Å². The summed E-state index contributed by atoms with van der Waals surface area (Å²) >= 11 is 0. The average molecular weight is 319 g/mol. The van der Waals surface area contributed by atoms with Crippen LogP contribution >= 0.6 is 0 Å². The lowest BCUT2D eigenvalue weighted by Gasteiger charge is -2.20. The summed E-state index contributed by atoms with van der Waals surface area (Å²) in [5.74, 6) is -0.00944. The molecular formula is C18H25NO4. The van der Waals surface area contributed by atoms with Crippen LogP contribution in [0.15, 0.2) is 12.1 Å². The van der Waals surface area contributed by atoms with Crippen LogP contribution in [-0.2, 0) is 4.79 Å². The summed E-state index contributed by atoms with van der Waals surface area (Å²) in [6.45, 7) is 8.35. The monoisotopic (exact) mass is 319 g/mol. The molecule has 5 nitrogen and oxygen atoms in total. The maximum atomic E-state index is 12.4. The van der Waals surface area contributed by atoms with Crippen molar-refractivity contribution in [1.29, 1.82) is 0 Å². The van der Waals surface area contributed by atoms with Crippen LogP contribution in [0.25, 0.3) is 0 Å². The van der Waals surface area contributed by atoms with Gasteiger partial charge in [-0.1, -0.05) is 13.8 Å². The van der Waals surface area contributed by atoms with Crippen molar-refractivity contribution < 1.29 is 19.4 Å². The van der Waals surface area contributed by atoms with E-state index in [0.717, 1.165) is 11.1 Å². The van der Waals surface area contributed by atoms with Gasteiger partial charge in [-0.05, 0) is 61.3 Å². The number of nitrogens with one attached hydrogen (secondary N) is 1. The van der Waals surface area contributed by atoms with Gasteiger partial charge >= 0.3 is 5.97 Å². The number of carbonyl (C=O) groups is 2. The molecule has 1 amide bonds. The Morgan fingerprint density at radius 3 is 2.26 bits per heavy atom. The molecule has 0 bridgehead atoms. The molecule has 0 radical (unpaired) electrons. The summed E-state index contributed by atoms with van der Waals surface area (Å²) < 4.78 is 5.29. The summed E-state index contributed by atoms with van der Waals surface area (Å²) in [6, 6.07) is 3.49. The van der Waals surface area contributed by atoms with E-state index in [1.54, 1.807) is 12.1 Å². The Labute approximate surface area is 137 Å². The van der Waals surface area contributed by atoms with Crippen LogP contribution in [0.4, 0.5) is 0 Å². The van der Waals surface area contributed by atoms with Crippen LogP contribution in [-0.4, -0.2) is 30.1 Å². The number of hydrogen-bond acceptors (Lipinski definition) is 3. The third-order valence-electron chi connectivity index (χ3n) is 4.78. The second-order valence-corrected chi connectivity index (χ2v) is 6.82. The zero-order valence-corrected chi connectivity index (χ0v) is 14.2. The van der Waals surface area contributed by atoms with Gasteiger partial charge in [-0.25, -0.2) is 4.79 Å². The zero-order chi connectivity index (χ0) is 17.2. The first-order valence-corrected chi connectivity index (χ1v) is 7.99. The number of amides is 1. The van der Waals surface area contributed by atoms with Gasteiger partial charge in [0.1, 0.15) is 5.75 Å². The second-order valence-electron chi connectivity index (χ2n) is 6.82. The largest absolute Gasteiger partial charge is 0.481 e. The number of hydrogen-bond donors (Lipinski definition) is 2. The molecule has 1 saturated carbocycles. The van der Waals surface area contributed by atoms with Gasteiger partial charge in [0.05, 0.1) is 0 Å². The zero-order valence-electron chi connectivity index (χ0n) is 14.2. The van der Waals surface area contributed by atoms with Crippen LogP contribution in [0.3, 0.4) is 0 Å². The van der Waals surface area contributed by atoms with E-state index in [9.17, 15) is 9.59 Å². The Morgan fingerprint density at radius 2 is 1.83 bits per heavy atom. The van der Waals surface area contributed by atoms with Crippen molar-refractivity contribution >= 4 is 11.9 Å². The molecule has 1 aliphatic rings. The molecular weight excluding hydrogens is 294 g/mol. The maximum absolute atomic E-state index is 12.4. The van der Waals surface area contributed by atoms with Crippen molar-refractivity contribution in [3.63, 3.8) is 0 Å². The number of carbonyl (C=O) groups excluding carboxylic acids is 1. The number of aryl methyl sites for hydroxylation is 2. The highest BCUT2D eigenvalue weighted by atomic mass is 16.5. The molecule has 0 spiro atoms. The summed E-state index contributed by atoms with van der Waals surface area (Å²) in [5.41, 5.74) is 2.38. The van der Waals surface area contributed by atoms with Crippen molar-refractivity contribution in [2.45, 2.75) is 40.5 Å². The molecule has 1 aromatic carbocycles. The van der Waals surface area contributed by atoms with E-state index in [2.05, 4.69) is 19.2 Å². The van der Waals surface area contributed by atoms with Crippen molar-refractivity contribution in [2.75, 3.05) is 13.2 Å². The first-order chi connectivity index (χ1) is 10.7. The number of aliphatic carboxylic acids is 1. The molecule has 126 valence electrons. The van der Waals surface area contributed by atoms with E-state index in [1.165, 1.54) is 12.8 Å². The Balaban J connectivity index is 2.05. The molecule has 0 heterocycles. The molecule has 0 atom stereocenters. The fourth-order valence-corrected chi connectivity index (χ4v) is 2.92. The lowest BCUT2D eigenvalue weighted by atomic mass is 9.92. The summed E-state index contributed by atoms with van der Waals surface area (Å²) in [4.78, 5) is 23.0. The lowest BCUT2D eigenvalue weighted by molar-refractivity contribution is -0.139. The van der Waals surface area contributed by atoms with Gasteiger partial charge in [0.25, 0.3) is 5.91 Å². The van der Waals surface area contributed by atoms with E-state index in [4.69, 9.17) is 9.84 Å². The van der Waals surface area contributed by atoms with Crippen LogP contribution in [0.2, 0.25) is 0 Å². The van der Waals surface area contributed by atoms with Crippen molar-refractivity contribution in [3.05, 3.63) is 28.8 Å². The number of benzene rings is 1. The van der Waals surface area contributed by atoms with E-state index in [0.29, 0.717) is 23.8 Å². The first-order valence-electron chi connectivity index (χ1n) is 7.99. The van der Waals surface area contributed by atoms with Gasteiger partial charge in [0, 0.05) is 12.1 Å². The molecule has 1 fully saturated rings. The van der Waals surface area contributed by atoms with Crippen molar-refractivity contribution in [1.82, 2.24) is 5.32 Å². The predicted octanol–water partition coefficient (Wildman–Crippen LogP) is 2.93. The van der Waals surface area contributed by atoms with Gasteiger partial charge in [0.2, 0.25) is 0 Å². The minimum absolute atomic E-state index is 0.0899. The van der Waals surface area contributed by atoms with E-state index >= 15 is 0 Å². The summed E-state index contributed by atoms with van der Waals surface area (Å²) in [6.07, 6.45) is 2.34. The second kappa shape index (κ2) is 6.60. The Bertz CT molecular complexity index is 594. The van der Waals surface area contributed by atoms with Gasteiger partial charge in [-0.2, -0.15) is 0 Å². The topological polar surface area (TPSA) is 75.6 Å². The van der Waals surface area contributed by atoms with Gasteiger partial charge < -0.3 is 15.2 Å². The normalized spacial score (nSPS) is 15.3.